The third-order valence-corrected chi connectivity index (χ3v) is 7.15. The van der Waals surface area contributed by atoms with Crippen LogP contribution in [-0.4, -0.2) is 4.40 Å². The van der Waals surface area contributed by atoms with Crippen LogP contribution in [0.2, 0.25) is 0 Å². The normalized spacial score (nSPS) is 16.3. The van der Waals surface area contributed by atoms with E-state index in [4.69, 9.17) is 0 Å². The van der Waals surface area contributed by atoms with Crippen LogP contribution < -0.4 is 4.57 Å². The van der Waals surface area contributed by atoms with E-state index >= 15 is 0 Å². The van der Waals surface area contributed by atoms with Gasteiger partial charge in [0, 0.05) is 5.41 Å². The standard InChI is InChI=1S/C26H31N2/c1-6-26(7-2)16-15-18-11-10-12-19-17-22(25(3,4)5)27-20-13-8-9-14-21(20)28(26)24(27)23(18)19/h8-14,17H,6-7,15-16H2,1-5H3/q+1. The van der Waals surface area contributed by atoms with E-state index in [1.165, 1.54) is 45.1 Å². The Labute approximate surface area is 167 Å². The highest BCUT2D eigenvalue weighted by Gasteiger charge is 2.42. The number of imidazole rings is 1. The Balaban J connectivity index is 2.16. The van der Waals surface area contributed by atoms with Crippen LogP contribution in [0.15, 0.2) is 48.5 Å². The number of rotatable bonds is 2. The van der Waals surface area contributed by atoms with E-state index in [1.807, 2.05) is 0 Å². The second-order valence-electron chi connectivity index (χ2n) is 9.58. The molecule has 0 bridgehead atoms. The summed E-state index contributed by atoms with van der Waals surface area (Å²) in [5.41, 5.74) is 7.25. The van der Waals surface area contributed by atoms with Gasteiger partial charge in [-0.2, -0.15) is 4.40 Å². The summed E-state index contributed by atoms with van der Waals surface area (Å²) in [5.74, 6) is 0. The van der Waals surface area contributed by atoms with Crippen molar-refractivity contribution in [1.82, 2.24) is 4.40 Å². The predicted octanol–water partition coefficient (Wildman–Crippen LogP) is 6.29. The van der Waals surface area contributed by atoms with Gasteiger partial charge in [0.1, 0.15) is 11.2 Å². The molecule has 0 atom stereocenters. The maximum atomic E-state index is 2.72. The van der Waals surface area contributed by atoms with Gasteiger partial charge in [-0.3, -0.25) is 0 Å². The molecule has 5 rings (SSSR count). The summed E-state index contributed by atoms with van der Waals surface area (Å²) in [7, 11) is 0. The van der Waals surface area contributed by atoms with E-state index < -0.39 is 0 Å². The van der Waals surface area contributed by atoms with Crippen molar-refractivity contribution >= 4 is 27.5 Å². The monoisotopic (exact) mass is 371 g/mol. The SMILES string of the molecule is CCC1(CC)CCc2cccc3cc(C(C)(C)C)n4c5ccccc5[n+]1c4c23. The lowest BCUT2D eigenvalue weighted by Crippen LogP contribution is -2.55. The Kier molecular flexibility index (Phi) is 3.69. The largest absolute Gasteiger partial charge is 0.296 e. The Morgan fingerprint density at radius 1 is 1.00 bits per heavy atom. The Bertz CT molecular complexity index is 1220. The zero-order valence-corrected chi connectivity index (χ0v) is 17.8. The molecule has 1 aliphatic heterocycles. The van der Waals surface area contributed by atoms with Crippen LogP contribution in [0.3, 0.4) is 0 Å². The Hall–Kier alpha value is -2.35. The van der Waals surface area contributed by atoms with Crippen molar-refractivity contribution in [3.8, 4) is 0 Å². The minimum Gasteiger partial charge on any atom is -0.217 e. The van der Waals surface area contributed by atoms with Crippen LogP contribution in [0.4, 0.5) is 0 Å². The number of fused-ring (bicyclic) bond motifs is 3. The molecule has 2 nitrogen and oxygen atoms in total. The van der Waals surface area contributed by atoms with Gasteiger partial charge >= 0.3 is 0 Å². The van der Waals surface area contributed by atoms with Crippen molar-refractivity contribution in [2.45, 2.75) is 71.3 Å². The van der Waals surface area contributed by atoms with Crippen molar-refractivity contribution < 1.29 is 4.57 Å². The maximum absolute atomic E-state index is 2.72. The summed E-state index contributed by atoms with van der Waals surface area (Å²) in [6.45, 7) is 11.8. The lowest BCUT2D eigenvalue weighted by atomic mass is 9.86. The smallest absolute Gasteiger partial charge is 0.217 e. The Morgan fingerprint density at radius 2 is 1.75 bits per heavy atom. The summed E-state index contributed by atoms with van der Waals surface area (Å²) < 4.78 is 5.29. The van der Waals surface area contributed by atoms with Gasteiger partial charge in [0.25, 0.3) is 5.65 Å². The molecule has 4 aromatic rings. The number of hydrogen-bond donors (Lipinski definition) is 0. The lowest BCUT2D eigenvalue weighted by molar-refractivity contribution is -0.721. The molecule has 0 N–H and O–H groups in total. The molecule has 0 unspecified atom stereocenters. The number of pyridine rings is 1. The van der Waals surface area contributed by atoms with Gasteiger partial charge in [-0.1, -0.05) is 65.0 Å². The molecule has 3 heterocycles. The summed E-state index contributed by atoms with van der Waals surface area (Å²) >= 11 is 0. The van der Waals surface area contributed by atoms with Crippen molar-refractivity contribution in [2.75, 3.05) is 0 Å². The number of benzene rings is 2. The molecule has 1 aliphatic rings. The molecular formula is C26H31N2+. The van der Waals surface area contributed by atoms with Crippen LogP contribution in [0.5, 0.6) is 0 Å². The Morgan fingerprint density at radius 3 is 2.46 bits per heavy atom. The highest BCUT2D eigenvalue weighted by molar-refractivity contribution is 5.99. The molecule has 0 fully saturated rings. The first-order chi connectivity index (χ1) is 13.4. The number of nitrogens with zero attached hydrogens (tertiary/aromatic N) is 2. The second-order valence-corrected chi connectivity index (χ2v) is 9.58. The summed E-state index contributed by atoms with van der Waals surface area (Å²) in [4.78, 5) is 0. The second kappa shape index (κ2) is 5.83. The van der Waals surface area contributed by atoms with Crippen molar-refractivity contribution in [3.05, 3.63) is 59.8 Å². The van der Waals surface area contributed by atoms with Crippen molar-refractivity contribution in [2.24, 2.45) is 0 Å². The van der Waals surface area contributed by atoms with Crippen LogP contribution in [-0.2, 0) is 17.4 Å². The summed E-state index contributed by atoms with van der Waals surface area (Å²) in [6, 6.07) is 18.4. The van der Waals surface area contributed by atoms with Crippen molar-refractivity contribution in [3.63, 3.8) is 0 Å². The minimum atomic E-state index is 0.0667. The molecule has 0 aliphatic carbocycles. The first-order valence-corrected chi connectivity index (χ1v) is 10.8. The number of para-hydroxylation sites is 2. The average molecular weight is 372 g/mol. The predicted molar refractivity (Wildman–Crippen MR) is 118 cm³/mol. The van der Waals surface area contributed by atoms with E-state index in [2.05, 4.69) is 92.1 Å². The van der Waals surface area contributed by atoms with Crippen LogP contribution >= 0.6 is 0 Å². The first-order valence-electron chi connectivity index (χ1n) is 10.8. The minimum absolute atomic E-state index is 0.0667. The lowest BCUT2D eigenvalue weighted by Gasteiger charge is -2.28. The molecule has 0 spiro atoms. The van der Waals surface area contributed by atoms with E-state index in [9.17, 15) is 0 Å². The molecular weight excluding hydrogens is 340 g/mol. The highest BCUT2D eigenvalue weighted by Crippen LogP contribution is 2.39. The quantitative estimate of drug-likeness (QED) is 0.366. The topological polar surface area (TPSA) is 8.29 Å². The molecule has 2 aromatic heterocycles. The molecule has 0 saturated carbocycles. The molecule has 0 saturated heterocycles. The first kappa shape index (κ1) is 17.7. The number of hydrogen-bond acceptors (Lipinski definition) is 0. The zero-order valence-electron chi connectivity index (χ0n) is 17.8. The van der Waals surface area contributed by atoms with Gasteiger partial charge in [-0.15, -0.1) is 0 Å². The number of aromatic nitrogens is 2. The molecule has 28 heavy (non-hydrogen) atoms. The number of aryl methyl sites for hydroxylation is 1. The zero-order chi connectivity index (χ0) is 19.7. The fourth-order valence-electron chi connectivity index (χ4n) is 5.50. The van der Waals surface area contributed by atoms with Gasteiger partial charge in [0.05, 0.1) is 5.39 Å². The molecule has 2 aromatic carbocycles. The van der Waals surface area contributed by atoms with Crippen LogP contribution in [0, 0.1) is 0 Å². The molecule has 2 heteroatoms. The third kappa shape index (κ3) is 2.18. The molecule has 0 radical (unpaired) electrons. The van der Waals surface area contributed by atoms with Gasteiger partial charge in [-0.05, 0) is 54.8 Å². The van der Waals surface area contributed by atoms with Gasteiger partial charge in [-0.25, -0.2) is 4.57 Å². The van der Waals surface area contributed by atoms with Gasteiger partial charge in [0.2, 0.25) is 0 Å². The third-order valence-electron chi connectivity index (χ3n) is 7.15. The fraction of sp³-hybridized carbons (Fsp3) is 0.423. The van der Waals surface area contributed by atoms with Gasteiger partial charge < -0.3 is 0 Å². The summed E-state index contributed by atoms with van der Waals surface area (Å²) in [6.07, 6.45) is 4.67. The molecule has 144 valence electrons. The van der Waals surface area contributed by atoms with E-state index in [-0.39, 0.29) is 11.0 Å². The maximum Gasteiger partial charge on any atom is 0.296 e. The van der Waals surface area contributed by atoms with E-state index in [0.717, 1.165) is 19.3 Å². The fourth-order valence-corrected chi connectivity index (χ4v) is 5.50. The van der Waals surface area contributed by atoms with Crippen molar-refractivity contribution in [1.29, 1.82) is 0 Å². The van der Waals surface area contributed by atoms with E-state index in [1.54, 1.807) is 0 Å². The highest BCUT2D eigenvalue weighted by atomic mass is 15.2. The molecule has 0 amide bonds. The van der Waals surface area contributed by atoms with Crippen LogP contribution in [0.25, 0.3) is 27.5 Å². The van der Waals surface area contributed by atoms with Gasteiger partial charge in [0.15, 0.2) is 11.0 Å². The summed E-state index contributed by atoms with van der Waals surface area (Å²) in [5, 5.41) is 2.84. The average Bonchev–Trinajstić information content (AvgIpc) is 2.95. The van der Waals surface area contributed by atoms with E-state index in [0.29, 0.717) is 0 Å². The van der Waals surface area contributed by atoms with Crippen LogP contribution in [0.1, 0.15) is 65.1 Å².